The Morgan fingerprint density at radius 3 is 2.36 bits per heavy atom. The summed E-state index contributed by atoms with van der Waals surface area (Å²) >= 11 is 0. The van der Waals surface area contributed by atoms with Gasteiger partial charge in [0.25, 0.3) is 11.6 Å². The van der Waals surface area contributed by atoms with E-state index in [1.807, 2.05) is 0 Å². The van der Waals surface area contributed by atoms with Crippen LogP contribution in [0.4, 0.5) is 15.8 Å². The van der Waals surface area contributed by atoms with Gasteiger partial charge in [-0.3, -0.25) is 20.0 Å². The number of ether oxygens (including phenoxy) is 2. The van der Waals surface area contributed by atoms with Gasteiger partial charge < -0.3 is 14.8 Å². The highest BCUT2D eigenvalue weighted by atomic mass is 19.1. The molecule has 0 unspecified atom stereocenters. The summed E-state index contributed by atoms with van der Waals surface area (Å²) in [5.41, 5.74) is 1.10. The molecule has 4 aromatic rings. The maximum absolute atomic E-state index is 13.1. The Labute approximate surface area is 186 Å². The maximum atomic E-state index is 13.1. The summed E-state index contributed by atoms with van der Waals surface area (Å²) in [5, 5.41) is 20.6. The van der Waals surface area contributed by atoms with Crippen LogP contribution in [0.5, 0.6) is 17.2 Å². The molecule has 3 aromatic carbocycles. The van der Waals surface area contributed by atoms with E-state index in [0.717, 1.165) is 0 Å². The number of rotatable bonds is 7. The van der Waals surface area contributed by atoms with Gasteiger partial charge in [0.15, 0.2) is 0 Å². The predicted octanol–water partition coefficient (Wildman–Crippen LogP) is 5.18. The first kappa shape index (κ1) is 21.5. The van der Waals surface area contributed by atoms with E-state index in [2.05, 4.69) is 15.5 Å². The predicted molar refractivity (Wildman–Crippen MR) is 118 cm³/mol. The molecular formula is C23H17FN4O5. The SMILES string of the molecule is COc1ccc(Oc2cc(NC(=O)c3cc(-c4ccc(F)cc4)n[nH]3)cc([N+](=O)[O-])c2)cc1. The maximum Gasteiger partial charge on any atom is 0.275 e. The monoisotopic (exact) mass is 448 g/mol. The fourth-order valence-electron chi connectivity index (χ4n) is 3.00. The molecule has 1 aromatic heterocycles. The number of aromatic nitrogens is 2. The molecule has 0 radical (unpaired) electrons. The molecule has 0 aliphatic rings. The molecule has 0 bridgehead atoms. The molecule has 1 heterocycles. The summed E-state index contributed by atoms with van der Waals surface area (Å²) in [6.45, 7) is 0. The Balaban J connectivity index is 1.54. The molecule has 0 fully saturated rings. The van der Waals surface area contributed by atoms with Crippen molar-refractivity contribution in [2.45, 2.75) is 0 Å². The largest absolute Gasteiger partial charge is 0.497 e. The summed E-state index contributed by atoms with van der Waals surface area (Å²) in [6.07, 6.45) is 0. The number of nitro benzene ring substituents is 1. The Hall–Kier alpha value is -4.73. The molecular weight excluding hydrogens is 431 g/mol. The smallest absolute Gasteiger partial charge is 0.275 e. The van der Waals surface area contributed by atoms with E-state index < -0.39 is 10.8 Å². The molecule has 0 atom stereocenters. The van der Waals surface area contributed by atoms with Crippen LogP contribution in [0, 0.1) is 15.9 Å². The van der Waals surface area contributed by atoms with Crippen molar-refractivity contribution in [3.63, 3.8) is 0 Å². The topological polar surface area (TPSA) is 119 Å². The number of carbonyl (C=O) groups excluding carboxylic acids is 1. The van der Waals surface area contributed by atoms with Crippen LogP contribution in [0.2, 0.25) is 0 Å². The lowest BCUT2D eigenvalue weighted by Gasteiger charge is -2.09. The summed E-state index contributed by atoms with van der Waals surface area (Å²) in [5.74, 6) is 0.290. The number of hydrogen-bond donors (Lipinski definition) is 2. The van der Waals surface area contributed by atoms with Crippen LogP contribution in [0.1, 0.15) is 10.5 Å². The first-order valence-corrected chi connectivity index (χ1v) is 9.65. The second kappa shape index (κ2) is 9.18. The van der Waals surface area contributed by atoms with Crippen LogP contribution >= 0.6 is 0 Å². The Morgan fingerprint density at radius 2 is 1.70 bits per heavy atom. The van der Waals surface area contributed by atoms with E-state index in [1.54, 1.807) is 24.3 Å². The molecule has 166 valence electrons. The third-order valence-corrected chi connectivity index (χ3v) is 4.62. The first-order chi connectivity index (χ1) is 15.9. The number of nitrogens with zero attached hydrogens (tertiary/aromatic N) is 2. The van der Waals surface area contributed by atoms with Crippen molar-refractivity contribution in [1.29, 1.82) is 0 Å². The lowest BCUT2D eigenvalue weighted by atomic mass is 10.1. The minimum absolute atomic E-state index is 0.124. The minimum atomic E-state index is -0.584. The summed E-state index contributed by atoms with van der Waals surface area (Å²) in [4.78, 5) is 23.4. The van der Waals surface area contributed by atoms with Crippen LogP contribution in [0.25, 0.3) is 11.3 Å². The summed E-state index contributed by atoms with van der Waals surface area (Å²) < 4.78 is 23.9. The number of nitro groups is 1. The second-order valence-electron chi connectivity index (χ2n) is 6.88. The molecule has 0 saturated carbocycles. The quantitative estimate of drug-likeness (QED) is 0.297. The highest BCUT2D eigenvalue weighted by molar-refractivity contribution is 6.03. The number of non-ortho nitro benzene ring substituents is 1. The number of benzene rings is 3. The third-order valence-electron chi connectivity index (χ3n) is 4.62. The Bertz CT molecular complexity index is 1300. The zero-order valence-electron chi connectivity index (χ0n) is 17.2. The summed E-state index contributed by atoms with van der Waals surface area (Å²) in [7, 11) is 1.54. The van der Waals surface area contributed by atoms with Gasteiger partial charge in [-0.25, -0.2) is 4.39 Å². The van der Waals surface area contributed by atoms with Crippen molar-refractivity contribution in [2.75, 3.05) is 12.4 Å². The lowest BCUT2D eigenvalue weighted by molar-refractivity contribution is -0.384. The number of halogens is 1. The van der Waals surface area contributed by atoms with Gasteiger partial charge in [-0.1, -0.05) is 0 Å². The molecule has 0 aliphatic heterocycles. The Kier molecular flexibility index (Phi) is 5.98. The van der Waals surface area contributed by atoms with Gasteiger partial charge >= 0.3 is 0 Å². The van der Waals surface area contributed by atoms with Crippen LogP contribution in [-0.4, -0.2) is 28.1 Å². The average Bonchev–Trinajstić information content (AvgIpc) is 3.30. The van der Waals surface area contributed by atoms with Crippen molar-refractivity contribution in [2.24, 2.45) is 0 Å². The van der Waals surface area contributed by atoms with Gasteiger partial charge in [0.1, 0.15) is 28.8 Å². The highest BCUT2D eigenvalue weighted by Gasteiger charge is 2.16. The molecule has 10 heteroatoms. The highest BCUT2D eigenvalue weighted by Crippen LogP contribution is 2.31. The van der Waals surface area contributed by atoms with Crippen LogP contribution in [-0.2, 0) is 0 Å². The third kappa shape index (κ3) is 5.13. The van der Waals surface area contributed by atoms with Crippen molar-refractivity contribution < 1.29 is 23.6 Å². The molecule has 0 spiro atoms. The van der Waals surface area contributed by atoms with Gasteiger partial charge in [-0.05, 0) is 54.6 Å². The van der Waals surface area contributed by atoms with E-state index >= 15 is 0 Å². The normalized spacial score (nSPS) is 10.5. The van der Waals surface area contributed by atoms with E-state index in [0.29, 0.717) is 22.8 Å². The molecule has 1 amide bonds. The van der Waals surface area contributed by atoms with E-state index in [1.165, 1.54) is 55.6 Å². The number of aromatic amines is 1. The van der Waals surface area contributed by atoms with E-state index in [4.69, 9.17) is 9.47 Å². The van der Waals surface area contributed by atoms with E-state index in [9.17, 15) is 19.3 Å². The second-order valence-corrected chi connectivity index (χ2v) is 6.88. The van der Waals surface area contributed by atoms with Crippen molar-refractivity contribution in [3.8, 4) is 28.5 Å². The number of carbonyl (C=O) groups is 1. The summed E-state index contributed by atoms with van der Waals surface area (Å²) in [6, 6.07) is 17.8. The molecule has 0 saturated heterocycles. The zero-order chi connectivity index (χ0) is 23.4. The number of nitrogens with one attached hydrogen (secondary N) is 2. The molecule has 0 aliphatic carbocycles. The number of anilines is 1. The van der Waals surface area contributed by atoms with Crippen LogP contribution in [0.3, 0.4) is 0 Å². The molecule has 9 nitrogen and oxygen atoms in total. The fourth-order valence-corrected chi connectivity index (χ4v) is 3.00. The average molecular weight is 448 g/mol. The molecule has 33 heavy (non-hydrogen) atoms. The number of amides is 1. The van der Waals surface area contributed by atoms with Gasteiger partial charge in [-0.2, -0.15) is 5.10 Å². The minimum Gasteiger partial charge on any atom is -0.497 e. The molecule has 2 N–H and O–H groups in total. The van der Waals surface area contributed by atoms with Gasteiger partial charge in [0.2, 0.25) is 0 Å². The number of methoxy groups -OCH3 is 1. The van der Waals surface area contributed by atoms with Gasteiger partial charge in [0, 0.05) is 17.7 Å². The number of H-pyrrole nitrogens is 1. The van der Waals surface area contributed by atoms with Crippen LogP contribution < -0.4 is 14.8 Å². The number of hydrogen-bond acceptors (Lipinski definition) is 6. The molecule has 4 rings (SSSR count). The first-order valence-electron chi connectivity index (χ1n) is 9.65. The van der Waals surface area contributed by atoms with Gasteiger partial charge in [0.05, 0.1) is 29.5 Å². The van der Waals surface area contributed by atoms with E-state index in [-0.39, 0.29) is 28.6 Å². The standard InChI is InChI=1S/C23H17FN4O5/c1-32-18-6-8-19(9-7-18)33-20-11-16(10-17(12-20)28(30)31)25-23(29)22-13-21(26-27-22)14-2-4-15(24)5-3-14/h2-13H,1H3,(H,25,29)(H,26,27). The van der Waals surface area contributed by atoms with Gasteiger partial charge in [-0.15, -0.1) is 0 Å². The van der Waals surface area contributed by atoms with Crippen LogP contribution in [0.15, 0.2) is 72.8 Å². The lowest BCUT2D eigenvalue weighted by Crippen LogP contribution is -2.12. The Morgan fingerprint density at radius 1 is 1.00 bits per heavy atom. The van der Waals surface area contributed by atoms with Crippen molar-refractivity contribution >= 4 is 17.3 Å². The van der Waals surface area contributed by atoms with Crippen molar-refractivity contribution in [3.05, 3.63) is 94.4 Å². The zero-order valence-corrected chi connectivity index (χ0v) is 17.2. The van der Waals surface area contributed by atoms with Crippen molar-refractivity contribution in [1.82, 2.24) is 10.2 Å². The fraction of sp³-hybridized carbons (Fsp3) is 0.0435.